The van der Waals surface area contributed by atoms with Gasteiger partial charge in [0.25, 0.3) is 0 Å². The Balaban J connectivity index is 1.77. The first-order valence-corrected chi connectivity index (χ1v) is 9.02. The minimum atomic E-state index is -0.628. The van der Waals surface area contributed by atoms with E-state index in [4.69, 9.17) is 27.3 Å². The molecule has 29 heavy (non-hydrogen) atoms. The fraction of sp³-hybridized carbons (Fsp3) is 0.158. The third-order valence-corrected chi connectivity index (χ3v) is 4.09. The lowest BCUT2D eigenvalue weighted by molar-refractivity contribution is -0.576. The molecule has 0 unspecified atom stereocenters. The van der Waals surface area contributed by atoms with E-state index < -0.39 is 6.03 Å². The first-order valence-electron chi connectivity index (χ1n) is 8.64. The number of ether oxygens (including phenoxy) is 1. The van der Waals surface area contributed by atoms with Crippen LogP contribution in [0.15, 0.2) is 42.6 Å². The maximum absolute atomic E-state index is 12.4. The molecule has 0 atom stereocenters. The van der Waals surface area contributed by atoms with E-state index in [1.165, 1.54) is 18.2 Å². The molecule has 0 fully saturated rings. The van der Waals surface area contributed by atoms with Gasteiger partial charge in [0.05, 0.1) is 23.9 Å². The van der Waals surface area contributed by atoms with Crippen LogP contribution in [0.25, 0.3) is 11.0 Å². The maximum atomic E-state index is 12.4. The summed E-state index contributed by atoms with van der Waals surface area (Å²) in [6, 6.07) is 10.7. The summed E-state index contributed by atoms with van der Waals surface area (Å²) in [4.78, 5) is 16.6. The molecule has 0 spiro atoms. The average Bonchev–Trinajstić information content (AvgIpc) is 2.69. The number of hydrogen-bond donors (Lipinski definition) is 3. The van der Waals surface area contributed by atoms with Gasteiger partial charge in [-0.3, -0.25) is 5.32 Å². The number of nitrogens with two attached hydrogens (primary N) is 1. The number of halogens is 1. The quantitative estimate of drug-likeness (QED) is 0.323. The van der Waals surface area contributed by atoms with Gasteiger partial charge in [-0.25, -0.2) is 9.78 Å². The number of carbonyl (C=O) groups is 1. The van der Waals surface area contributed by atoms with Crippen molar-refractivity contribution in [2.75, 3.05) is 23.8 Å². The molecule has 4 N–H and O–H groups in total. The van der Waals surface area contributed by atoms with Gasteiger partial charge < -0.3 is 21.0 Å². The molecule has 0 radical (unpaired) electrons. The number of hydrogen-bond acceptors (Lipinski definition) is 6. The van der Waals surface area contributed by atoms with Crippen molar-refractivity contribution in [1.82, 2.24) is 4.98 Å². The number of urea groups is 1. The van der Waals surface area contributed by atoms with Crippen LogP contribution < -0.4 is 25.8 Å². The molecular weight excluding hydrogens is 396 g/mol. The first-order chi connectivity index (χ1) is 14.0. The topological polar surface area (TPSA) is 140 Å². The number of nitriles is 1. The highest BCUT2D eigenvalue weighted by atomic mass is 35.5. The van der Waals surface area contributed by atoms with Crippen molar-refractivity contribution in [3.05, 3.63) is 58.4 Å². The van der Waals surface area contributed by atoms with E-state index in [0.717, 1.165) is 6.20 Å². The fourth-order valence-electron chi connectivity index (χ4n) is 2.52. The summed E-state index contributed by atoms with van der Waals surface area (Å²) in [5.74, 6) is 0.481. The van der Waals surface area contributed by atoms with E-state index in [9.17, 15) is 10.0 Å². The highest BCUT2D eigenvalue weighted by Gasteiger charge is 2.14. The normalized spacial score (nSPS) is 10.4. The number of amides is 2. The molecule has 0 saturated heterocycles. The zero-order valence-electron chi connectivity index (χ0n) is 15.2. The van der Waals surface area contributed by atoms with Gasteiger partial charge in [-0.2, -0.15) is 9.99 Å². The minimum absolute atomic E-state index is 0.0438. The Morgan fingerprint density at radius 1 is 1.31 bits per heavy atom. The van der Waals surface area contributed by atoms with Gasteiger partial charge in [-0.15, -0.1) is 0 Å². The second kappa shape index (κ2) is 9.05. The van der Waals surface area contributed by atoms with Gasteiger partial charge in [0.2, 0.25) is 17.5 Å². The molecule has 148 valence electrons. The summed E-state index contributed by atoms with van der Waals surface area (Å²) in [7, 11) is 0. The van der Waals surface area contributed by atoms with Crippen LogP contribution >= 0.6 is 11.6 Å². The maximum Gasteiger partial charge on any atom is 0.325 e. The molecule has 0 saturated carbocycles. The van der Waals surface area contributed by atoms with Crippen LogP contribution in [0.1, 0.15) is 12.0 Å². The van der Waals surface area contributed by atoms with E-state index in [-0.39, 0.29) is 11.3 Å². The second-order valence-electron chi connectivity index (χ2n) is 5.98. The van der Waals surface area contributed by atoms with Gasteiger partial charge >= 0.3 is 6.03 Å². The predicted octanol–water partition coefficient (Wildman–Crippen LogP) is 2.76. The predicted molar refractivity (Wildman–Crippen MR) is 109 cm³/mol. The van der Waals surface area contributed by atoms with Crippen molar-refractivity contribution in [2.45, 2.75) is 6.42 Å². The van der Waals surface area contributed by atoms with Crippen molar-refractivity contribution in [3.8, 4) is 11.8 Å². The zero-order chi connectivity index (χ0) is 20.8. The number of rotatable bonds is 6. The lowest BCUT2D eigenvalue weighted by Crippen LogP contribution is -2.30. The van der Waals surface area contributed by atoms with E-state index in [1.807, 2.05) is 6.07 Å². The van der Waals surface area contributed by atoms with Crippen LogP contribution in [-0.2, 0) is 0 Å². The molecule has 2 aromatic carbocycles. The molecule has 3 rings (SSSR count). The Morgan fingerprint density at radius 3 is 2.90 bits per heavy atom. The van der Waals surface area contributed by atoms with Crippen molar-refractivity contribution < 1.29 is 14.3 Å². The number of nitrogens with one attached hydrogen (secondary N) is 2. The highest BCUT2D eigenvalue weighted by molar-refractivity contribution is 6.31. The molecule has 0 aliphatic carbocycles. The number of aromatic nitrogens is 2. The van der Waals surface area contributed by atoms with Crippen molar-refractivity contribution >= 4 is 40.2 Å². The monoisotopic (exact) mass is 412 g/mol. The Hall–Kier alpha value is -3.61. The van der Waals surface area contributed by atoms with Crippen molar-refractivity contribution in [3.63, 3.8) is 0 Å². The highest BCUT2D eigenvalue weighted by Crippen LogP contribution is 2.28. The molecule has 1 aromatic heterocycles. The molecule has 3 aromatic rings. The van der Waals surface area contributed by atoms with Crippen molar-refractivity contribution in [2.24, 2.45) is 5.73 Å². The van der Waals surface area contributed by atoms with Crippen LogP contribution in [0.5, 0.6) is 5.75 Å². The van der Waals surface area contributed by atoms with E-state index in [1.54, 1.807) is 18.2 Å². The molecular formula is C19H17ClN6O3. The number of benzene rings is 2. The van der Waals surface area contributed by atoms with E-state index in [2.05, 4.69) is 15.6 Å². The summed E-state index contributed by atoms with van der Waals surface area (Å²) in [6.07, 6.45) is 1.77. The second-order valence-corrected chi connectivity index (χ2v) is 6.41. The summed E-state index contributed by atoms with van der Waals surface area (Å²) in [5, 5.41) is 26.7. The number of anilines is 2. The molecule has 1 heterocycles. The number of carbonyl (C=O) groups excluding carboxylic acids is 1. The summed E-state index contributed by atoms with van der Waals surface area (Å²) < 4.78 is 6.15. The summed E-state index contributed by atoms with van der Waals surface area (Å²) >= 11 is 6.01. The molecule has 0 aliphatic heterocycles. The Bertz CT molecular complexity index is 1100. The SMILES string of the molecule is N#Cc1ccc2nc(NC(=O)Nc3cc(Cl)ccc3OCCCN)c[n+]([O-])c2c1. The van der Waals surface area contributed by atoms with Crippen LogP contribution in [0.4, 0.5) is 16.3 Å². The van der Waals surface area contributed by atoms with Gasteiger partial charge in [-0.1, -0.05) is 11.6 Å². The molecule has 10 heteroatoms. The van der Waals surface area contributed by atoms with E-state index in [0.29, 0.717) is 51.8 Å². The fourth-order valence-corrected chi connectivity index (χ4v) is 2.70. The largest absolute Gasteiger partial charge is 0.618 e. The van der Waals surface area contributed by atoms with Gasteiger partial charge in [0, 0.05) is 11.1 Å². The van der Waals surface area contributed by atoms with Crippen molar-refractivity contribution in [1.29, 1.82) is 5.26 Å². The lowest BCUT2D eigenvalue weighted by Gasteiger charge is -2.13. The molecule has 0 aliphatic rings. The molecule has 0 bridgehead atoms. The Morgan fingerprint density at radius 2 is 2.14 bits per heavy atom. The third kappa shape index (κ3) is 5.01. The summed E-state index contributed by atoms with van der Waals surface area (Å²) in [5.41, 5.74) is 6.72. The first kappa shape index (κ1) is 20.1. The zero-order valence-corrected chi connectivity index (χ0v) is 15.9. The average molecular weight is 413 g/mol. The Kier molecular flexibility index (Phi) is 6.29. The third-order valence-electron chi connectivity index (χ3n) is 3.86. The lowest BCUT2D eigenvalue weighted by atomic mass is 10.2. The van der Waals surface area contributed by atoms with E-state index >= 15 is 0 Å². The standard InChI is InChI=1S/C19H17ClN6O3/c20-13-3-5-17(29-7-1-6-21)15(9-13)24-19(27)25-18-11-26(28)16-8-12(10-22)2-4-14(16)23-18/h2-5,8-9,11H,1,6-7,21H2,(H2,23,24,25,27). The van der Waals surface area contributed by atoms with Crippen LogP contribution in [-0.4, -0.2) is 24.2 Å². The Labute approximate surface area is 171 Å². The minimum Gasteiger partial charge on any atom is -0.618 e. The summed E-state index contributed by atoms with van der Waals surface area (Å²) in [6.45, 7) is 0.872. The van der Waals surface area contributed by atoms with Crippen LogP contribution in [0.2, 0.25) is 5.02 Å². The number of fused-ring (bicyclic) bond motifs is 1. The van der Waals surface area contributed by atoms with Crippen LogP contribution in [0.3, 0.4) is 0 Å². The molecule has 9 nitrogen and oxygen atoms in total. The van der Waals surface area contributed by atoms with Gasteiger partial charge in [-0.05, 0) is 43.3 Å². The van der Waals surface area contributed by atoms with Gasteiger partial charge in [0.1, 0.15) is 11.3 Å². The molecule has 2 amide bonds. The smallest absolute Gasteiger partial charge is 0.325 e. The van der Waals surface area contributed by atoms with Crippen LogP contribution in [0, 0.1) is 16.5 Å². The van der Waals surface area contributed by atoms with Gasteiger partial charge in [0.15, 0.2) is 0 Å². The number of nitrogens with zero attached hydrogens (tertiary/aromatic N) is 3.